The van der Waals surface area contributed by atoms with E-state index in [1.807, 2.05) is 12.1 Å². The van der Waals surface area contributed by atoms with Crippen LogP contribution in [0.3, 0.4) is 0 Å². The van der Waals surface area contributed by atoms with Gasteiger partial charge in [-0.25, -0.2) is 4.39 Å². The maximum Gasteiger partial charge on any atom is 0.232 e. The average molecular weight is 284 g/mol. The Morgan fingerprint density at radius 2 is 2.00 bits per heavy atom. The van der Waals surface area contributed by atoms with E-state index in [9.17, 15) is 14.0 Å². The zero-order chi connectivity index (χ0) is 14.8. The maximum absolute atomic E-state index is 13.1. The van der Waals surface area contributed by atoms with Gasteiger partial charge in [-0.3, -0.25) is 9.59 Å². The molecule has 0 radical (unpaired) electrons. The predicted molar refractivity (Wildman–Crippen MR) is 77.5 cm³/mol. The van der Waals surface area contributed by atoms with Crippen molar-refractivity contribution in [2.75, 3.05) is 10.6 Å². The van der Waals surface area contributed by atoms with Gasteiger partial charge in [-0.05, 0) is 29.8 Å². The summed E-state index contributed by atoms with van der Waals surface area (Å²) in [6.45, 7) is 0. The number of carbonyl (C=O) groups is 2. The zero-order valence-corrected chi connectivity index (χ0v) is 11.1. The first-order chi connectivity index (χ1) is 10.1. The highest BCUT2D eigenvalue weighted by atomic mass is 19.1. The second-order valence-electron chi connectivity index (χ2n) is 4.89. The Morgan fingerprint density at radius 1 is 1.19 bits per heavy atom. The first-order valence-corrected chi connectivity index (χ1v) is 6.59. The highest BCUT2D eigenvalue weighted by Crippen LogP contribution is 2.32. The molecule has 0 aliphatic carbocycles. The topological polar surface area (TPSA) is 58.2 Å². The molecule has 2 amide bonds. The van der Waals surface area contributed by atoms with Gasteiger partial charge in [-0.15, -0.1) is 0 Å². The molecule has 0 bridgehead atoms. The van der Waals surface area contributed by atoms with Crippen molar-refractivity contribution >= 4 is 23.2 Å². The summed E-state index contributed by atoms with van der Waals surface area (Å²) < 4.78 is 13.1. The lowest BCUT2D eigenvalue weighted by molar-refractivity contribution is -0.123. The molecule has 2 N–H and O–H groups in total. The van der Waals surface area contributed by atoms with Gasteiger partial charge in [-0.2, -0.15) is 0 Å². The molecule has 2 aromatic rings. The summed E-state index contributed by atoms with van der Waals surface area (Å²) in [5.74, 6) is -1.51. The van der Waals surface area contributed by atoms with Crippen LogP contribution in [0, 0.1) is 5.82 Å². The van der Waals surface area contributed by atoms with Crippen molar-refractivity contribution in [1.29, 1.82) is 0 Å². The molecule has 0 spiro atoms. The monoisotopic (exact) mass is 284 g/mol. The van der Waals surface area contributed by atoms with E-state index in [-0.39, 0.29) is 18.2 Å². The summed E-state index contributed by atoms with van der Waals surface area (Å²) in [5.41, 5.74) is 1.79. The Balaban J connectivity index is 1.86. The predicted octanol–water partition coefficient (Wildman–Crippen LogP) is 2.89. The van der Waals surface area contributed by atoms with Crippen LogP contribution in [0.15, 0.2) is 48.5 Å². The van der Waals surface area contributed by atoms with Crippen LogP contribution >= 0.6 is 0 Å². The zero-order valence-electron chi connectivity index (χ0n) is 11.1. The molecular formula is C16H13FN2O2. The minimum Gasteiger partial charge on any atom is -0.326 e. The van der Waals surface area contributed by atoms with Gasteiger partial charge in [0.05, 0.1) is 5.92 Å². The van der Waals surface area contributed by atoms with Crippen molar-refractivity contribution in [2.45, 2.75) is 12.3 Å². The van der Waals surface area contributed by atoms with E-state index in [2.05, 4.69) is 10.6 Å². The quantitative estimate of drug-likeness (QED) is 0.891. The van der Waals surface area contributed by atoms with Crippen LogP contribution < -0.4 is 10.6 Å². The number of hydrogen-bond acceptors (Lipinski definition) is 2. The molecule has 0 fully saturated rings. The Hall–Kier alpha value is -2.69. The molecule has 106 valence electrons. The van der Waals surface area contributed by atoms with Crippen molar-refractivity contribution in [3.8, 4) is 0 Å². The second-order valence-corrected chi connectivity index (χ2v) is 4.89. The molecule has 1 aliphatic heterocycles. The third-order valence-corrected chi connectivity index (χ3v) is 3.41. The summed E-state index contributed by atoms with van der Waals surface area (Å²) >= 11 is 0. The summed E-state index contributed by atoms with van der Waals surface area (Å²) in [6, 6.07) is 12.9. The molecule has 0 saturated heterocycles. The summed E-state index contributed by atoms with van der Waals surface area (Å²) in [4.78, 5) is 24.1. The van der Waals surface area contributed by atoms with E-state index in [0.29, 0.717) is 11.4 Å². The largest absolute Gasteiger partial charge is 0.326 e. The van der Waals surface area contributed by atoms with Gasteiger partial charge < -0.3 is 10.6 Å². The van der Waals surface area contributed by atoms with Crippen molar-refractivity contribution in [3.05, 3.63) is 59.9 Å². The molecule has 4 nitrogen and oxygen atoms in total. The van der Waals surface area contributed by atoms with E-state index in [0.717, 1.165) is 5.56 Å². The molecule has 1 heterocycles. The number of fused-ring (bicyclic) bond motifs is 1. The van der Waals surface area contributed by atoms with Crippen LogP contribution in [0.25, 0.3) is 0 Å². The minimum absolute atomic E-state index is 0.0815. The van der Waals surface area contributed by atoms with Crippen LogP contribution in [-0.4, -0.2) is 11.8 Å². The molecule has 5 heteroatoms. The molecular weight excluding hydrogens is 271 g/mol. The molecule has 3 rings (SSSR count). The Labute approximate surface area is 121 Å². The first-order valence-electron chi connectivity index (χ1n) is 6.59. The molecule has 0 aromatic heterocycles. The second kappa shape index (κ2) is 5.36. The van der Waals surface area contributed by atoms with Gasteiger partial charge in [0.15, 0.2) is 0 Å². The number of benzene rings is 2. The highest BCUT2D eigenvalue weighted by molar-refractivity contribution is 6.05. The molecule has 21 heavy (non-hydrogen) atoms. The SMILES string of the molecule is O=C1C[C@H](C(=O)Nc2cccc(F)c2)c2ccccc2N1. The van der Waals surface area contributed by atoms with Crippen LogP contribution in [0.1, 0.15) is 17.9 Å². The number of amides is 2. The fourth-order valence-electron chi connectivity index (χ4n) is 2.44. The van der Waals surface area contributed by atoms with Crippen molar-refractivity contribution in [3.63, 3.8) is 0 Å². The third kappa shape index (κ3) is 2.76. The van der Waals surface area contributed by atoms with Gasteiger partial charge in [0.1, 0.15) is 5.82 Å². The normalized spacial score (nSPS) is 16.8. The average Bonchev–Trinajstić information content (AvgIpc) is 2.46. The fraction of sp³-hybridized carbons (Fsp3) is 0.125. The molecule has 2 aromatic carbocycles. The highest BCUT2D eigenvalue weighted by Gasteiger charge is 2.30. The van der Waals surface area contributed by atoms with Gasteiger partial charge in [0.25, 0.3) is 0 Å². The van der Waals surface area contributed by atoms with Gasteiger partial charge in [-0.1, -0.05) is 24.3 Å². The summed E-state index contributed by atoms with van der Waals surface area (Å²) in [7, 11) is 0. The van der Waals surface area contributed by atoms with E-state index >= 15 is 0 Å². The number of anilines is 2. The van der Waals surface area contributed by atoms with Gasteiger partial charge in [0, 0.05) is 17.8 Å². The van der Waals surface area contributed by atoms with E-state index in [1.54, 1.807) is 18.2 Å². The molecule has 1 atom stereocenters. The Morgan fingerprint density at radius 3 is 2.81 bits per heavy atom. The van der Waals surface area contributed by atoms with Crippen molar-refractivity contribution in [2.24, 2.45) is 0 Å². The lowest BCUT2D eigenvalue weighted by atomic mass is 9.90. The lowest BCUT2D eigenvalue weighted by Gasteiger charge is -2.24. The lowest BCUT2D eigenvalue weighted by Crippen LogP contribution is -2.30. The number of para-hydroxylation sites is 1. The smallest absolute Gasteiger partial charge is 0.232 e. The molecule has 1 aliphatic rings. The van der Waals surface area contributed by atoms with Crippen LogP contribution in [0.2, 0.25) is 0 Å². The fourth-order valence-corrected chi connectivity index (χ4v) is 2.44. The summed E-state index contributed by atoms with van der Waals surface area (Å²) in [6.07, 6.45) is 0.0815. The first kappa shape index (κ1) is 13.3. The maximum atomic E-state index is 13.1. The van der Waals surface area contributed by atoms with Crippen molar-refractivity contribution < 1.29 is 14.0 Å². The number of nitrogens with one attached hydrogen (secondary N) is 2. The number of halogens is 1. The number of hydrogen-bond donors (Lipinski definition) is 2. The molecule has 0 unspecified atom stereocenters. The minimum atomic E-state index is -0.571. The van der Waals surface area contributed by atoms with Crippen LogP contribution in [0.4, 0.5) is 15.8 Å². The Bertz CT molecular complexity index is 715. The van der Waals surface area contributed by atoms with Crippen LogP contribution in [-0.2, 0) is 9.59 Å². The Kier molecular flexibility index (Phi) is 3.39. The van der Waals surface area contributed by atoms with E-state index in [4.69, 9.17) is 0 Å². The van der Waals surface area contributed by atoms with E-state index < -0.39 is 11.7 Å². The van der Waals surface area contributed by atoms with Crippen LogP contribution in [0.5, 0.6) is 0 Å². The van der Waals surface area contributed by atoms with Gasteiger partial charge >= 0.3 is 0 Å². The number of carbonyl (C=O) groups excluding carboxylic acids is 2. The summed E-state index contributed by atoms with van der Waals surface area (Å²) in [5, 5.41) is 5.39. The standard InChI is InChI=1S/C16H13FN2O2/c17-10-4-3-5-11(8-10)18-16(21)13-9-15(20)19-14-7-2-1-6-12(13)14/h1-8,13H,9H2,(H,18,21)(H,19,20)/t13-/m0/s1. The molecule has 0 saturated carbocycles. The van der Waals surface area contributed by atoms with E-state index in [1.165, 1.54) is 18.2 Å². The van der Waals surface area contributed by atoms with Gasteiger partial charge in [0.2, 0.25) is 11.8 Å². The number of rotatable bonds is 2. The third-order valence-electron chi connectivity index (χ3n) is 3.41. The van der Waals surface area contributed by atoms with Crippen molar-refractivity contribution in [1.82, 2.24) is 0 Å².